The van der Waals surface area contributed by atoms with Crippen LogP contribution in [0.15, 0.2) is 47.4 Å². The molecule has 0 atom stereocenters. The van der Waals surface area contributed by atoms with Crippen LogP contribution in [0.2, 0.25) is 0 Å². The molecule has 0 spiro atoms. The number of methoxy groups -OCH3 is 2. The highest BCUT2D eigenvalue weighted by molar-refractivity contribution is 7.98. The lowest BCUT2D eigenvalue weighted by molar-refractivity contribution is -0.122. The van der Waals surface area contributed by atoms with Gasteiger partial charge in [-0.3, -0.25) is 14.9 Å². The Labute approximate surface area is 182 Å². The van der Waals surface area contributed by atoms with Gasteiger partial charge < -0.3 is 9.47 Å². The third-order valence-corrected chi connectivity index (χ3v) is 5.01. The van der Waals surface area contributed by atoms with Gasteiger partial charge in [0.15, 0.2) is 11.5 Å². The molecule has 0 aliphatic rings. The number of hydrogen-bond acceptors (Lipinski definition) is 8. The van der Waals surface area contributed by atoms with E-state index in [-0.39, 0.29) is 6.54 Å². The molecule has 0 aliphatic carbocycles. The molecule has 162 valence electrons. The average Bonchev–Trinajstić information content (AvgIpc) is 3.25. The van der Waals surface area contributed by atoms with Crippen molar-refractivity contribution in [3.05, 3.63) is 48.0 Å². The number of amides is 3. The second-order valence-corrected chi connectivity index (χ2v) is 7.03. The number of tetrazole rings is 1. The SMILES string of the molecule is COc1ccc(-c2nnn(CC(=O)NNC(=O)NSc3ccccc3C)n2)cc1OC. The number of hydrogen-bond donors (Lipinski definition) is 3. The van der Waals surface area contributed by atoms with E-state index in [2.05, 4.69) is 31.0 Å². The summed E-state index contributed by atoms with van der Waals surface area (Å²) in [6.07, 6.45) is 0. The van der Waals surface area contributed by atoms with E-state index >= 15 is 0 Å². The quantitative estimate of drug-likeness (QED) is 0.371. The Morgan fingerprint density at radius 1 is 1.06 bits per heavy atom. The molecule has 3 aromatic rings. The van der Waals surface area contributed by atoms with Gasteiger partial charge in [-0.15, -0.1) is 10.2 Å². The zero-order chi connectivity index (χ0) is 22.2. The van der Waals surface area contributed by atoms with Gasteiger partial charge in [-0.05, 0) is 53.9 Å². The molecule has 0 unspecified atom stereocenters. The fourth-order valence-corrected chi connectivity index (χ4v) is 3.12. The highest BCUT2D eigenvalue weighted by atomic mass is 32.2. The van der Waals surface area contributed by atoms with Gasteiger partial charge in [0, 0.05) is 10.5 Å². The minimum atomic E-state index is -0.570. The molecule has 12 heteroatoms. The highest BCUT2D eigenvalue weighted by Gasteiger charge is 2.13. The van der Waals surface area contributed by atoms with Gasteiger partial charge in [-0.2, -0.15) is 4.80 Å². The van der Waals surface area contributed by atoms with Crippen molar-refractivity contribution in [2.75, 3.05) is 14.2 Å². The standard InChI is InChI=1S/C19H21N7O4S/c1-12-6-4-5-7-16(12)31-24-19(28)22-20-17(27)11-26-23-18(21-25-26)13-8-9-14(29-2)15(10-13)30-3/h4-10H,11H2,1-3H3,(H,20,27)(H2,22,24,28). The number of nitrogens with zero attached hydrogens (tertiary/aromatic N) is 4. The number of ether oxygens (including phenoxy) is 2. The molecule has 1 heterocycles. The average molecular weight is 443 g/mol. The minimum Gasteiger partial charge on any atom is -0.493 e. The van der Waals surface area contributed by atoms with Crippen molar-refractivity contribution in [3.8, 4) is 22.9 Å². The van der Waals surface area contributed by atoms with Crippen molar-refractivity contribution in [2.24, 2.45) is 0 Å². The van der Waals surface area contributed by atoms with Gasteiger partial charge in [0.1, 0.15) is 6.54 Å². The lowest BCUT2D eigenvalue weighted by atomic mass is 10.2. The topological polar surface area (TPSA) is 132 Å². The Morgan fingerprint density at radius 2 is 1.84 bits per heavy atom. The van der Waals surface area contributed by atoms with Crippen molar-refractivity contribution in [2.45, 2.75) is 18.4 Å². The lowest BCUT2D eigenvalue weighted by Crippen LogP contribution is -2.46. The Kier molecular flexibility index (Phi) is 7.27. The summed E-state index contributed by atoms with van der Waals surface area (Å²) >= 11 is 1.14. The van der Waals surface area contributed by atoms with E-state index in [0.29, 0.717) is 22.9 Å². The first-order chi connectivity index (χ1) is 15.0. The van der Waals surface area contributed by atoms with E-state index in [1.54, 1.807) is 25.3 Å². The van der Waals surface area contributed by atoms with Gasteiger partial charge in [0.25, 0.3) is 5.91 Å². The molecule has 0 bridgehead atoms. The monoisotopic (exact) mass is 443 g/mol. The summed E-state index contributed by atoms with van der Waals surface area (Å²) < 4.78 is 13.0. The van der Waals surface area contributed by atoms with Crippen LogP contribution in [0.3, 0.4) is 0 Å². The van der Waals surface area contributed by atoms with Crippen LogP contribution in [0.25, 0.3) is 11.4 Å². The summed E-state index contributed by atoms with van der Waals surface area (Å²) in [5.74, 6) is 0.886. The summed E-state index contributed by atoms with van der Waals surface area (Å²) in [4.78, 5) is 25.9. The maximum Gasteiger partial charge on any atom is 0.343 e. The van der Waals surface area contributed by atoms with Crippen molar-refractivity contribution >= 4 is 23.9 Å². The van der Waals surface area contributed by atoms with Crippen LogP contribution in [0, 0.1) is 6.92 Å². The van der Waals surface area contributed by atoms with E-state index in [0.717, 1.165) is 27.2 Å². The normalized spacial score (nSPS) is 10.3. The van der Waals surface area contributed by atoms with Gasteiger partial charge >= 0.3 is 6.03 Å². The van der Waals surface area contributed by atoms with E-state index < -0.39 is 11.9 Å². The molecule has 0 saturated heterocycles. The van der Waals surface area contributed by atoms with Crippen LogP contribution >= 0.6 is 11.9 Å². The second-order valence-electron chi connectivity index (χ2n) is 6.19. The highest BCUT2D eigenvalue weighted by Crippen LogP contribution is 2.30. The molecule has 0 saturated carbocycles. The van der Waals surface area contributed by atoms with Crippen LogP contribution in [0.4, 0.5) is 4.79 Å². The maximum atomic E-state index is 12.0. The summed E-state index contributed by atoms with van der Waals surface area (Å²) in [5.41, 5.74) is 6.23. The molecule has 3 rings (SSSR count). The van der Waals surface area contributed by atoms with Crippen molar-refractivity contribution in [1.82, 2.24) is 35.8 Å². The molecule has 3 N–H and O–H groups in total. The number of benzene rings is 2. The van der Waals surface area contributed by atoms with E-state index in [1.807, 2.05) is 31.2 Å². The number of carbonyl (C=O) groups is 2. The summed E-state index contributed by atoms with van der Waals surface area (Å²) in [5, 5.41) is 12.0. The van der Waals surface area contributed by atoms with E-state index in [4.69, 9.17) is 9.47 Å². The molecular formula is C19H21N7O4S. The third kappa shape index (κ3) is 5.85. The third-order valence-electron chi connectivity index (χ3n) is 4.04. The fourth-order valence-electron chi connectivity index (χ4n) is 2.49. The molecule has 2 aromatic carbocycles. The summed E-state index contributed by atoms with van der Waals surface area (Å²) in [6.45, 7) is 1.70. The Balaban J connectivity index is 1.50. The molecule has 0 aliphatic heterocycles. The predicted octanol–water partition coefficient (Wildman–Crippen LogP) is 1.70. The number of nitrogens with one attached hydrogen (secondary N) is 3. The predicted molar refractivity (Wildman–Crippen MR) is 113 cm³/mol. The van der Waals surface area contributed by atoms with Crippen LogP contribution in [-0.2, 0) is 11.3 Å². The largest absolute Gasteiger partial charge is 0.493 e. The van der Waals surface area contributed by atoms with Crippen LogP contribution in [-0.4, -0.2) is 46.4 Å². The van der Waals surface area contributed by atoms with Crippen LogP contribution < -0.4 is 25.0 Å². The molecule has 3 amide bonds. The zero-order valence-corrected chi connectivity index (χ0v) is 17.9. The summed E-state index contributed by atoms with van der Waals surface area (Å²) in [7, 11) is 3.07. The number of aryl methyl sites for hydroxylation is 1. The van der Waals surface area contributed by atoms with E-state index in [1.165, 1.54) is 7.11 Å². The molecule has 31 heavy (non-hydrogen) atoms. The lowest BCUT2D eigenvalue weighted by Gasteiger charge is -2.09. The van der Waals surface area contributed by atoms with Gasteiger partial charge in [0.05, 0.1) is 14.2 Å². The Morgan fingerprint density at radius 3 is 2.58 bits per heavy atom. The van der Waals surface area contributed by atoms with E-state index in [9.17, 15) is 9.59 Å². The molecule has 0 radical (unpaired) electrons. The second kappa shape index (κ2) is 10.3. The number of rotatable bonds is 7. The van der Waals surface area contributed by atoms with Crippen LogP contribution in [0.5, 0.6) is 11.5 Å². The minimum absolute atomic E-state index is 0.231. The van der Waals surface area contributed by atoms with Gasteiger partial charge in [0.2, 0.25) is 5.82 Å². The summed E-state index contributed by atoms with van der Waals surface area (Å²) in [6, 6.07) is 12.2. The number of carbonyl (C=O) groups excluding carboxylic acids is 2. The Hall–Kier alpha value is -3.80. The fraction of sp³-hybridized carbons (Fsp3) is 0.211. The van der Waals surface area contributed by atoms with Crippen LogP contribution in [0.1, 0.15) is 5.56 Å². The maximum absolute atomic E-state index is 12.0. The Bertz CT molecular complexity index is 1070. The number of aromatic nitrogens is 4. The number of hydrazine groups is 1. The van der Waals surface area contributed by atoms with Crippen molar-refractivity contribution in [3.63, 3.8) is 0 Å². The number of urea groups is 1. The first kappa shape index (κ1) is 21.9. The zero-order valence-electron chi connectivity index (χ0n) is 17.1. The molecule has 11 nitrogen and oxygen atoms in total. The van der Waals surface area contributed by atoms with Gasteiger partial charge in [-0.1, -0.05) is 18.2 Å². The molecular weight excluding hydrogens is 422 g/mol. The first-order valence-electron chi connectivity index (χ1n) is 9.07. The van der Waals surface area contributed by atoms with Crippen molar-refractivity contribution in [1.29, 1.82) is 0 Å². The van der Waals surface area contributed by atoms with Gasteiger partial charge in [-0.25, -0.2) is 10.2 Å². The smallest absolute Gasteiger partial charge is 0.343 e. The molecule has 0 fully saturated rings. The first-order valence-corrected chi connectivity index (χ1v) is 9.89. The van der Waals surface area contributed by atoms with Crippen molar-refractivity contribution < 1.29 is 19.1 Å². The molecule has 1 aromatic heterocycles.